The van der Waals surface area contributed by atoms with Crippen LogP contribution in [0, 0.1) is 0 Å². The van der Waals surface area contributed by atoms with Crippen LogP contribution >= 0.6 is 0 Å². The molecule has 0 aromatic heterocycles. The lowest BCUT2D eigenvalue weighted by Gasteiger charge is -2.33. The van der Waals surface area contributed by atoms with Crippen molar-refractivity contribution in [3.05, 3.63) is 0 Å². The lowest BCUT2D eigenvalue weighted by molar-refractivity contribution is -0.125. The van der Waals surface area contributed by atoms with Crippen molar-refractivity contribution in [2.24, 2.45) is 5.73 Å². The maximum absolute atomic E-state index is 11.6. The molecule has 0 spiro atoms. The summed E-state index contributed by atoms with van der Waals surface area (Å²) in [5, 5.41) is 5.43. The van der Waals surface area contributed by atoms with Gasteiger partial charge in [-0.15, -0.1) is 0 Å². The number of hydrogen-bond acceptors (Lipinski definition) is 4. The third kappa shape index (κ3) is 5.01. The van der Waals surface area contributed by atoms with Crippen molar-refractivity contribution in [2.75, 3.05) is 27.2 Å². The van der Waals surface area contributed by atoms with Crippen molar-refractivity contribution in [1.82, 2.24) is 15.5 Å². The summed E-state index contributed by atoms with van der Waals surface area (Å²) < 4.78 is 0. The van der Waals surface area contributed by atoms with E-state index in [4.69, 9.17) is 5.73 Å². The molecule has 2 amide bonds. The Bertz CT molecular complexity index is 294. The fraction of sp³-hybridized carbons (Fsp3) is 0.833. The molecular weight excluding hydrogens is 232 g/mol. The first kappa shape index (κ1) is 14.9. The average molecular weight is 256 g/mol. The minimum absolute atomic E-state index is 0.0131. The van der Waals surface area contributed by atoms with Crippen molar-refractivity contribution in [3.8, 4) is 0 Å². The van der Waals surface area contributed by atoms with Crippen LogP contribution in [0.3, 0.4) is 0 Å². The molecule has 4 N–H and O–H groups in total. The molecule has 0 bridgehead atoms. The summed E-state index contributed by atoms with van der Waals surface area (Å²) in [6.45, 7) is -0.0709. The molecule has 6 heteroatoms. The van der Waals surface area contributed by atoms with Gasteiger partial charge in [0.25, 0.3) is 0 Å². The fourth-order valence-corrected chi connectivity index (χ4v) is 2.29. The number of hydrogen-bond donors (Lipinski definition) is 3. The highest BCUT2D eigenvalue weighted by molar-refractivity contribution is 5.85. The Morgan fingerprint density at radius 2 is 2.00 bits per heavy atom. The summed E-state index contributed by atoms with van der Waals surface area (Å²) in [5.74, 6) is -0.443. The molecule has 0 radical (unpaired) electrons. The molecule has 0 aromatic carbocycles. The molecule has 0 saturated heterocycles. The van der Waals surface area contributed by atoms with Crippen LogP contribution in [-0.4, -0.2) is 56.0 Å². The number of nitrogens with one attached hydrogen (secondary N) is 2. The fourth-order valence-electron chi connectivity index (χ4n) is 2.29. The molecule has 1 aliphatic rings. The zero-order valence-electron chi connectivity index (χ0n) is 11.2. The molecule has 1 fully saturated rings. The van der Waals surface area contributed by atoms with Crippen LogP contribution in [-0.2, 0) is 9.59 Å². The van der Waals surface area contributed by atoms with Crippen LogP contribution in [0.15, 0.2) is 0 Å². The van der Waals surface area contributed by atoms with Gasteiger partial charge in [-0.25, -0.2) is 0 Å². The van der Waals surface area contributed by atoms with Crippen molar-refractivity contribution >= 4 is 11.8 Å². The number of amides is 2. The summed E-state index contributed by atoms with van der Waals surface area (Å²) in [6, 6.07) is 0.746. The molecule has 2 atom stereocenters. The van der Waals surface area contributed by atoms with E-state index < -0.39 is 0 Å². The zero-order chi connectivity index (χ0) is 13.5. The van der Waals surface area contributed by atoms with Crippen molar-refractivity contribution in [2.45, 2.75) is 37.8 Å². The molecule has 1 aliphatic carbocycles. The second-order valence-electron chi connectivity index (χ2n) is 5.03. The SMILES string of the molecule is CN(C)C1CCCC(NC(=O)CNC(=O)CN)C1. The molecule has 6 nitrogen and oxygen atoms in total. The van der Waals surface area contributed by atoms with Gasteiger partial charge in [0.15, 0.2) is 0 Å². The first-order chi connectivity index (χ1) is 8.52. The molecule has 18 heavy (non-hydrogen) atoms. The Labute approximate surface area is 108 Å². The van der Waals surface area contributed by atoms with Gasteiger partial charge in [-0.2, -0.15) is 0 Å². The highest BCUT2D eigenvalue weighted by Gasteiger charge is 2.24. The minimum Gasteiger partial charge on any atom is -0.352 e. The van der Waals surface area contributed by atoms with Crippen LogP contribution in [0.4, 0.5) is 0 Å². The maximum atomic E-state index is 11.6. The standard InChI is InChI=1S/C12H24N4O2/c1-16(2)10-5-3-4-9(6-10)15-12(18)8-14-11(17)7-13/h9-10H,3-8,13H2,1-2H3,(H,14,17)(H,15,18). The van der Waals surface area contributed by atoms with Gasteiger partial charge in [-0.3, -0.25) is 9.59 Å². The monoisotopic (exact) mass is 256 g/mol. The topological polar surface area (TPSA) is 87.5 Å². The van der Waals surface area contributed by atoms with Gasteiger partial charge in [0.2, 0.25) is 11.8 Å². The van der Waals surface area contributed by atoms with E-state index in [1.807, 2.05) is 0 Å². The molecule has 104 valence electrons. The molecule has 2 unspecified atom stereocenters. The van der Waals surface area contributed by atoms with E-state index in [1.54, 1.807) is 0 Å². The van der Waals surface area contributed by atoms with Gasteiger partial charge in [0.1, 0.15) is 0 Å². The van der Waals surface area contributed by atoms with E-state index in [2.05, 4.69) is 29.6 Å². The Morgan fingerprint density at radius 1 is 1.28 bits per heavy atom. The third-order valence-electron chi connectivity index (χ3n) is 3.37. The summed E-state index contributed by atoms with van der Waals surface area (Å²) in [6.07, 6.45) is 4.30. The van der Waals surface area contributed by atoms with Gasteiger partial charge in [-0.1, -0.05) is 0 Å². The van der Waals surface area contributed by atoms with Crippen LogP contribution in [0.25, 0.3) is 0 Å². The van der Waals surface area contributed by atoms with E-state index in [0.717, 1.165) is 19.3 Å². The summed E-state index contributed by atoms with van der Waals surface area (Å²) in [7, 11) is 4.13. The number of nitrogens with two attached hydrogens (primary N) is 1. The highest BCUT2D eigenvalue weighted by atomic mass is 16.2. The van der Waals surface area contributed by atoms with Gasteiger partial charge >= 0.3 is 0 Å². The van der Waals surface area contributed by atoms with E-state index in [-0.39, 0.29) is 30.9 Å². The molecule has 0 heterocycles. The Hall–Kier alpha value is -1.14. The molecule has 1 rings (SSSR count). The predicted molar refractivity (Wildman–Crippen MR) is 69.9 cm³/mol. The lowest BCUT2D eigenvalue weighted by Crippen LogP contribution is -2.47. The smallest absolute Gasteiger partial charge is 0.239 e. The Kier molecular flexibility index (Phi) is 6.07. The van der Waals surface area contributed by atoms with Gasteiger partial charge in [-0.05, 0) is 39.8 Å². The van der Waals surface area contributed by atoms with E-state index in [1.165, 1.54) is 6.42 Å². The van der Waals surface area contributed by atoms with Crippen LogP contribution in [0.5, 0.6) is 0 Å². The first-order valence-corrected chi connectivity index (χ1v) is 6.45. The first-order valence-electron chi connectivity index (χ1n) is 6.45. The quantitative estimate of drug-likeness (QED) is 0.592. The predicted octanol–water partition coefficient (Wildman–Crippen LogP) is -0.950. The molecule has 1 saturated carbocycles. The Balaban J connectivity index is 2.29. The van der Waals surface area contributed by atoms with E-state index >= 15 is 0 Å². The van der Waals surface area contributed by atoms with Crippen LogP contribution in [0.1, 0.15) is 25.7 Å². The normalized spacial score (nSPS) is 23.8. The van der Waals surface area contributed by atoms with E-state index in [0.29, 0.717) is 6.04 Å². The molecule has 0 aliphatic heterocycles. The van der Waals surface area contributed by atoms with Gasteiger partial charge in [0.05, 0.1) is 13.1 Å². The number of nitrogens with zero attached hydrogens (tertiary/aromatic N) is 1. The zero-order valence-corrected chi connectivity index (χ0v) is 11.2. The Morgan fingerprint density at radius 3 is 2.61 bits per heavy atom. The molecular formula is C12H24N4O2. The largest absolute Gasteiger partial charge is 0.352 e. The van der Waals surface area contributed by atoms with Crippen molar-refractivity contribution in [3.63, 3.8) is 0 Å². The van der Waals surface area contributed by atoms with E-state index in [9.17, 15) is 9.59 Å². The number of carbonyl (C=O) groups is 2. The molecule has 0 aromatic rings. The maximum Gasteiger partial charge on any atom is 0.239 e. The second-order valence-corrected chi connectivity index (χ2v) is 5.03. The second kappa shape index (κ2) is 7.33. The number of rotatable bonds is 5. The number of carbonyl (C=O) groups excluding carboxylic acids is 2. The third-order valence-corrected chi connectivity index (χ3v) is 3.37. The van der Waals surface area contributed by atoms with Gasteiger partial charge in [0, 0.05) is 12.1 Å². The average Bonchev–Trinajstić information content (AvgIpc) is 2.36. The summed E-state index contributed by atoms with van der Waals surface area (Å²) >= 11 is 0. The summed E-state index contributed by atoms with van der Waals surface area (Å²) in [5.41, 5.74) is 5.14. The van der Waals surface area contributed by atoms with Crippen molar-refractivity contribution in [1.29, 1.82) is 0 Å². The minimum atomic E-state index is -0.306. The summed E-state index contributed by atoms with van der Waals surface area (Å²) in [4.78, 5) is 24.8. The lowest BCUT2D eigenvalue weighted by atomic mass is 9.90. The van der Waals surface area contributed by atoms with Crippen molar-refractivity contribution < 1.29 is 9.59 Å². The highest BCUT2D eigenvalue weighted by Crippen LogP contribution is 2.21. The van der Waals surface area contributed by atoms with Gasteiger partial charge < -0.3 is 21.3 Å². The van der Waals surface area contributed by atoms with Crippen LogP contribution in [0.2, 0.25) is 0 Å². The van der Waals surface area contributed by atoms with Crippen LogP contribution < -0.4 is 16.4 Å².